The zero-order chi connectivity index (χ0) is 13.7. The number of carbonyl (C=O) groups excluding carboxylic acids is 1. The lowest BCUT2D eigenvalue weighted by Gasteiger charge is -2.19. The second kappa shape index (κ2) is 6.49. The van der Waals surface area contributed by atoms with E-state index in [1.54, 1.807) is 5.51 Å². The number of amides is 1. The molecule has 1 N–H and O–H groups in total. The van der Waals surface area contributed by atoms with E-state index in [4.69, 9.17) is 5.11 Å². The number of rotatable bonds is 6. The molecule has 1 amide bonds. The van der Waals surface area contributed by atoms with Gasteiger partial charge in [-0.05, 0) is 12.3 Å². The molecular formula is C12H18N2O3S. The Morgan fingerprint density at radius 2 is 2.17 bits per heavy atom. The van der Waals surface area contributed by atoms with E-state index in [0.29, 0.717) is 12.2 Å². The van der Waals surface area contributed by atoms with Crippen LogP contribution in [-0.2, 0) is 4.79 Å². The summed E-state index contributed by atoms with van der Waals surface area (Å²) >= 11 is 1.43. The van der Waals surface area contributed by atoms with Gasteiger partial charge in [-0.25, -0.2) is 4.98 Å². The predicted molar refractivity (Wildman–Crippen MR) is 70.0 cm³/mol. The van der Waals surface area contributed by atoms with Crippen LogP contribution in [0.4, 0.5) is 0 Å². The topological polar surface area (TPSA) is 70.5 Å². The monoisotopic (exact) mass is 270 g/mol. The molecule has 1 aromatic rings. The number of aromatic nitrogens is 1. The maximum atomic E-state index is 12.3. The fraction of sp³-hybridized carbons (Fsp3) is 0.583. The average molecular weight is 270 g/mol. The Morgan fingerprint density at radius 1 is 1.50 bits per heavy atom. The third-order valence-corrected chi connectivity index (χ3v) is 3.56. The maximum absolute atomic E-state index is 12.3. The van der Waals surface area contributed by atoms with Crippen molar-refractivity contribution in [1.29, 1.82) is 0 Å². The highest BCUT2D eigenvalue weighted by Crippen LogP contribution is 2.24. The number of aliphatic carboxylic acids is 1. The minimum absolute atomic E-state index is 0.213. The Morgan fingerprint density at radius 3 is 2.67 bits per heavy atom. The first-order valence-corrected chi connectivity index (χ1v) is 6.79. The predicted octanol–water partition coefficient (Wildman–Crippen LogP) is 2.20. The van der Waals surface area contributed by atoms with Crippen LogP contribution in [0.5, 0.6) is 0 Å². The Hall–Kier alpha value is -1.43. The lowest BCUT2D eigenvalue weighted by atomic mass is 10.1. The minimum Gasteiger partial charge on any atom is -0.480 e. The van der Waals surface area contributed by atoms with Crippen LogP contribution in [0.2, 0.25) is 0 Å². The average Bonchev–Trinajstić information content (AvgIpc) is 2.75. The number of carboxylic acid groups (broad SMARTS) is 1. The first-order chi connectivity index (χ1) is 8.47. The summed E-state index contributed by atoms with van der Waals surface area (Å²) in [5.41, 5.74) is 2.03. The zero-order valence-corrected chi connectivity index (χ0v) is 11.7. The summed E-state index contributed by atoms with van der Waals surface area (Å²) in [5, 5.41) is 8.82. The molecule has 0 aliphatic carbocycles. The molecule has 0 aromatic carbocycles. The van der Waals surface area contributed by atoms with Crippen molar-refractivity contribution in [1.82, 2.24) is 9.88 Å². The van der Waals surface area contributed by atoms with Crippen molar-refractivity contribution < 1.29 is 14.7 Å². The molecule has 0 radical (unpaired) electrons. The van der Waals surface area contributed by atoms with Gasteiger partial charge in [0.1, 0.15) is 12.2 Å². The quantitative estimate of drug-likeness (QED) is 0.860. The molecule has 0 saturated heterocycles. The Balaban J connectivity index is 2.94. The molecule has 1 rings (SSSR count). The Bertz CT molecular complexity index is 429. The molecule has 0 saturated carbocycles. The van der Waals surface area contributed by atoms with Crippen LogP contribution in [0.25, 0.3) is 0 Å². The van der Waals surface area contributed by atoms with Gasteiger partial charge in [0.25, 0.3) is 5.91 Å². The van der Waals surface area contributed by atoms with E-state index in [2.05, 4.69) is 4.98 Å². The summed E-state index contributed by atoms with van der Waals surface area (Å²) < 4.78 is 0. The molecule has 1 heterocycles. The van der Waals surface area contributed by atoms with Gasteiger partial charge in [-0.1, -0.05) is 20.8 Å². The number of hydrogen-bond acceptors (Lipinski definition) is 4. The number of thiazole rings is 1. The maximum Gasteiger partial charge on any atom is 0.323 e. The van der Waals surface area contributed by atoms with Crippen molar-refractivity contribution in [2.45, 2.75) is 33.1 Å². The summed E-state index contributed by atoms with van der Waals surface area (Å²) in [6.07, 6.45) is 0.722. The second-order valence-corrected chi connectivity index (χ2v) is 5.23. The van der Waals surface area contributed by atoms with E-state index in [1.807, 2.05) is 20.8 Å². The van der Waals surface area contributed by atoms with Gasteiger partial charge in [-0.2, -0.15) is 0 Å². The van der Waals surface area contributed by atoms with Gasteiger partial charge in [0.2, 0.25) is 0 Å². The van der Waals surface area contributed by atoms with Crippen molar-refractivity contribution in [2.24, 2.45) is 0 Å². The summed E-state index contributed by atoms with van der Waals surface area (Å²) in [6.45, 7) is 6.05. The highest BCUT2D eigenvalue weighted by molar-refractivity contribution is 7.10. The third-order valence-electron chi connectivity index (χ3n) is 2.43. The van der Waals surface area contributed by atoms with Crippen LogP contribution in [0, 0.1) is 0 Å². The molecular weight excluding hydrogens is 252 g/mol. The van der Waals surface area contributed by atoms with Crippen LogP contribution in [0.15, 0.2) is 5.51 Å². The molecule has 0 spiro atoms. The van der Waals surface area contributed by atoms with E-state index < -0.39 is 5.97 Å². The van der Waals surface area contributed by atoms with E-state index in [-0.39, 0.29) is 18.4 Å². The molecule has 0 fully saturated rings. The Kier molecular flexibility index (Phi) is 5.27. The number of carbonyl (C=O) groups is 2. The normalized spacial score (nSPS) is 10.7. The molecule has 1 aromatic heterocycles. The Labute approximate surface area is 110 Å². The van der Waals surface area contributed by atoms with E-state index in [0.717, 1.165) is 11.3 Å². The van der Waals surface area contributed by atoms with Gasteiger partial charge >= 0.3 is 5.97 Å². The molecule has 0 atom stereocenters. The second-order valence-electron chi connectivity index (χ2n) is 4.34. The van der Waals surface area contributed by atoms with E-state index in [1.165, 1.54) is 16.2 Å². The fourth-order valence-electron chi connectivity index (χ4n) is 1.66. The number of hydrogen-bond donors (Lipinski definition) is 1. The summed E-state index contributed by atoms with van der Waals surface area (Å²) in [6, 6.07) is 0. The fourth-order valence-corrected chi connectivity index (χ4v) is 2.46. The van der Waals surface area contributed by atoms with Crippen molar-refractivity contribution in [3.05, 3.63) is 16.1 Å². The lowest BCUT2D eigenvalue weighted by molar-refractivity contribution is -0.137. The SMILES string of the molecule is CCCN(CC(=O)O)C(=O)c1ncsc1C(C)C. The summed E-state index contributed by atoms with van der Waals surface area (Å²) in [4.78, 5) is 29.4. The van der Waals surface area contributed by atoms with Crippen LogP contribution >= 0.6 is 11.3 Å². The molecule has 0 unspecified atom stereocenters. The van der Waals surface area contributed by atoms with Crippen molar-refractivity contribution in [2.75, 3.05) is 13.1 Å². The highest BCUT2D eigenvalue weighted by Gasteiger charge is 2.23. The zero-order valence-electron chi connectivity index (χ0n) is 10.8. The van der Waals surface area contributed by atoms with Crippen molar-refractivity contribution in [3.63, 3.8) is 0 Å². The van der Waals surface area contributed by atoms with Gasteiger partial charge in [0.05, 0.1) is 5.51 Å². The molecule has 0 aliphatic heterocycles. The van der Waals surface area contributed by atoms with Crippen LogP contribution in [0.3, 0.4) is 0 Å². The van der Waals surface area contributed by atoms with Gasteiger partial charge in [0.15, 0.2) is 0 Å². The standard InChI is InChI=1S/C12H18N2O3S/c1-4-5-14(6-9(15)16)12(17)10-11(8(2)3)18-7-13-10/h7-8H,4-6H2,1-3H3,(H,15,16). The van der Waals surface area contributed by atoms with E-state index >= 15 is 0 Å². The summed E-state index contributed by atoms with van der Waals surface area (Å²) in [5.74, 6) is -1.08. The third kappa shape index (κ3) is 3.53. The number of nitrogens with zero attached hydrogens (tertiary/aromatic N) is 2. The van der Waals surface area contributed by atoms with Crippen LogP contribution in [0.1, 0.15) is 48.5 Å². The molecule has 18 heavy (non-hydrogen) atoms. The first-order valence-electron chi connectivity index (χ1n) is 5.91. The van der Waals surface area contributed by atoms with E-state index in [9.17, 15) is 9.59 Å². The van der Waals surface area contributed by atoms with Gasteiger partial charge in [0, 0.05) is 11.4 Å². The molecule has 0 bridgehead atoms. The first kappa shape index (κ1) is 14.6. The largest absolute Gasteiger partial charge is 0.480 e. The number of carboxylic acids is 1. The smallest absolute Gasteiger partial charge is 0.323 e. The van der Waals surface area contributed by atoms with Gasteiger partial charge < -0.3 is 10.0 Å². The minimum atomic E-state index is -1.00. The van der Waals surface area contributed by atoms with Crippen molar-refractivity contribution >= 4 is 23.2 Å². The molecule has 0 aliphatic rings. The van der Waals surface area contributed by atoms with Crippen molar-refractivity contribution in [3.8, 4) is 0 Å². The lowest BCUT2D eigenvalue weighted by Crippen LogP contribution is -2.36. The molecule has 100 valence electrons. The van der Waals surface area contributed by atoms with Gasteiger partial charge in [-0.3, -0.25) is 9.59 Å². The highest BCUT2D eigenvalue weighted by atomic mass is 32.1. The molecule has 6 heteroatoms. The summed E-state index contributed by atoms with van der Waals surface area (Å²) in [7, 11) is 0. The molecule has 5 nitrogen and oxygen atoms in total. The van der Waals surface area contributed by atoms with Crippen LogP contribution in [-0.4, -0.2) is 40.0 Å². The van der Waals surface area contributed by atoms with Gasteiger partial charge in [-0.15, -0.1) is 11.3 Å². The van der Waals surface area contributed by atoms with Crippen LogP contribution < -0.4 is 0 Å².